The summed E-state index contributed by atoms with van der Waals surface area (Å²) in [6, 6.07) is 10.1. The number of anilines is 1. The first-order valence-electron chi connectivity index (χ1n) is 14.1. The first-order valence-corrected chi connectivity index (χ1v) is 15.3. The molecular formula is C33H35ClN6O2S. The van der Waals surface area contributed by atoms with Crippen LogP contribution in [0.15, 0.2) is 45.8 Å². The lowest BCUT2D eigenvalue weighted by molar-refractivity contribution is -0.120. The average molecular weight is 615 g/mol. The second-order valence-electron chi connectivity index (χ2n) is 10.1. The Hall–Kier alpha value is -4.15. The van der Waals surface area contributed by atoms with Gasteiger partial charge in [-0.25, -0.2) is 0 Å². The van der Waals surface area contributed by atoms with Gasteiger partial charge < -0.3 is 15.5 Å². The Morgan fingerprint density at radius 1 is 1.12 bits per heavy atom. The topological polar surface area (TPSA) is 132 Å². The number of furan rings is 1. The Balaban J connectivity index is 1.47. The van der Waals surface area contributed by atoms with Crippen LogP contribution < -0.4 is 16.0 Å². The van der Waals surface area contributed by atoms with E-state index in [-0.39, 0.29) is 30.5 Å². The number of nitrogens with zero attached hydrogens (tertiary/aromatic N) is 2. The summed E-state index contributed by atoms with van der Waals surface area (Å²) in [4.78, 5) is 20.6. The van der Waals surface area contributed by atoms with Gasteiger partial charge in [-0.3, -0.25) is 25.5 Å². The number of carbonyl (C=O) groups is 1. The van der Waals surface area contributed by atoms with Crippen molar-refractivity contribution in [2.24, 2.45) is 10.7 Å². The van der Waals surface area contributed by atoms with Gasteiger partial charge in [-0.1, -0.05) is 42.0 Å². The number of nitrogens with two attached hydrogens (primary N) is 1. The zero-order valence-electron chi connectivity index (χ0n) is 24.6. The molecule has 0 fully saturated rings. The van der Waals surface area contributed by atoms with Crippen LogP contribution in [-0.2, 0) is 4.79 Å². The van der Waals surface area contributed by atoms with Crippen molar-refractivity contribution in [1.82, 2.24) is 5.32 Å². The summed E-state index contributed by atoms with van der Waals surface area (Å²) in [7, 11) is 0. The predicted molar refractivity (Wildman–Crippen MR) is 176 cm³/mol. The summed E-state index contributed by atoms with van der Waals surface area (Å²) >= 11 is 7.67. The maximum Gasteiger partial charge on any atom is 0.223 e. The molecule has 3 aromatic rings. The molecule has 4 rings (SSSR count). The van der Waals surface area contributed by atoms with Crippen LogP contribution in [0.1, 0.15) is 72.1 Å². The van der Waals surface area contributed by atoms with Crippen molar-refractivity contribution in [3.05, 3.63) is 74.5 Å². The lowest BCUT2D eigenvalue weighted by Gasteiger charge is -2.24. The van der Waals surface area contributed by atoms with Gasteiger partial charge in [-0.2, -0.15) is 0 Å². The molecule has 0 unspecified atom stereocenters. The normalized spacial score (nSPS) is 14.1. The van der Waals surface area contributed by atoms with Crippen LogP contribution in [0.2, 0.25) is 5.02 Å². The molecule has 0 spiro atoms. The molecule has 0 saturated heterocycles. The number of benzene rings is 1. The third-order valence-corrected chi connectivity index (χ3v) is 8.33. The minimum Gasteiger partial charge on any atom is -0.439 e. The van der Waals surface area contributed by atoms with Crippen molar-refractivity contribution in [2.75, 3.05) is 18.0 Å². The Bertz CT molecular complexity index is 1660. The van der Waals surface area contributed by atoms with E-state index >= 15 is 0 Å². The van der Waals surface area contributed by atoms with Crippen LogP contribution in [-0.4, -0.2) is 42.4 Å². The smallest absolute Gasteiger partial charge is 0.223 e. The van der Waals surface area contributed by atoms with Gasteiger partial charge in [0.25, 0.3) is 0 Å². The molecule has 43 heavy (non-hydrogen) atoms. The molecule has 0 bridgehead atoms. The number of hydrogen-bond acceptors (Lipinski definition) is 7. The van der Waals surface area contributed by atoms with E-state index in [2.05, 4.69) is 29.0 Å². The molecule has 0 aliphatic carbocycles. The van der Waals surface area contributed by atoms with Gasteiger partial charge in [-0.15, -0.1) is 11.3 Å². The molecule has 5 N–H and O–H groups in total. The number of rotatable bonds is 8. The number of aryl methyl sites for hydroxylation is 1. The van der Waals surface area contributed by atoms with Crippen LogP contribution in [0.4, 0.5) is 5.00 Å². The quantitative estimate of drug-likeness (QED) is 0.107. The first kappa shape index (κ1) is 31.8. The van der Waals surface area contributed by atoms with Gasteiger partial charge in [0.1, 0.15) is 22.7 Å². The maximum absolute atomic E-state index is 13.0. The highest BCUT2D eigenvalue weighted by atomic mass is 35.5. The monoisotopic (exact) mass is 614 g/mol. The van der Waals surface area contributed by atoms with Crippen LogP contribution >= 0.6 is 22.9 Å². The Morgan fingerprint density at radius 2 is 1.81 bits per heavy atom. The zero-order valence-corrected chi connectivity index (χ0v) is 26.1. The fourth-order valence-electron chi connectivity index (χ4n) is 4.57. The summed E-state index contributed by atoms with van der Waals surface area (Å²) in [5, 5.41) is 21.6. The number of amides is 1. The number of amidine groups is 2. The molecule has 10 heteroatoms. The van der Waals surface area contributed by atoms with Gasteiger partial charge in [0.05, 0.1) is 18.7 Å². The van der Waals surface area contributed by atoms with Crippen molar-refractivity contribution in [3.8, 4) is 23.7 Å². The maximum atomic E-state index is 13.0. The Labute approximate surface area is 261 Å². The standard InChI is InChI=1S/C33H35ClN6O2S/c1-21-22(2)43-33-30(21)31(24-12-14-25(34)15-13-24)39-28(32(37)40(33)23(3)36)20-29(41)38-19-9-11-27-17-16-26(42-27)10-7-5-4-6-8-18-35/h12-17,28,36-37H,4-6,8,18-20,35H2,1-3H3,(H,38,41)/t28-/m0/s1. The van der Waals surface area contributed by atoms with Crippen molar-refractivity contribution in [3.63, 3.8) is 0 Å². The van der Waals surface area contributed by atoms with Gasteiger partial charge >= 0.3 is 0 Å². The third kappa shape index (κ3) is 8.03. The number of carbonyl (C=O) groups excluding carboxylic acids is 1. The first-order chi connectivity index (χ1) is 20.7. The number of nitrogens with one attached hydrogen (secondary N) is 3. The summed E-state index contributed by atoms with van der Waals surface area (Å²) in [6.45, 7) is 6.48. The van der Waals surface area contributed by atoms with E-state index in [1.807, 2.05) is 26.0 Å². The van der Waals surface area contributed by atoms with E-state index in [9.17, 15) is 4.79 Å². The van der Waals surface area contributed by atoms with Gasteiger partial charge in [0.2, 0.25) is 5.91 Å². The van der Waals surface area contributed by atoms with E-state index < -0.39 is 6.04 Å². The Morgan fingerprint density at radius 3 is 2.49 bits per heavy atom. The largest absolute Gasteiger partial charge is 0.439 e. The lowest BCUT2D eigenvalue weighted by Crippen LogP contribution is -2.42. The van der Waals surface area contributed by atoms with Gasteiger partial charge in [0.15, 0.2) is 11.5 Å². The van der Waals surface area contributed by atoms with E-state index in [1.165, 1.54) is 11.3 Å². The molecule has 2 aromatic heterocycles. The molecule has 1 atom stereocenters. The predicted octanol–water partition coefficient (Wildman–Crippen LogP) is 6.04. The van der Waals surface area contributed by atoms with Crippen molar-refractivity contribution < 1.29 is 9.21 Å². The van der Waals surface area contributed by atoms with Crippen molar-refractivity contribution >= 4 is 51.2 Å². The third-order valence-electron chi connectivity index (χ3n) is 6.89. The van der Waals surface area contributed by atoms with Crippen molar-refractivity contribution in [1.29, 1.82) is 10.8 Å². The SMILES string of the molecule is CC(=N)N1C(=N)[C@H](CC(=O)NCC#Cc2ccc(C#CCCCCCN)o2)N=C(c2ccc(Cl)cc2)c2c1sc(C)c2C. The summed E-state index contributed by atoms with van der Waals surface area (Å²) < 4.78 is 5.65. The number of hydrogen-bond donors (Lipinski definition) is 4. The number of halogens is 1. The minimum atomic E-state index is -0.806. The molecule has 222 valence electrons. The number of thiophene rings is 1. The van der Waals surface area contributed by atoms with Crippen LogP contribution in [0.25, 0.3) is 0 Å². The molecule has 0 radical (unpaired) electrons. The number of aliphatic imine (C=N–C) groups is 1. The van der Waals surface area contributed by atoms with Crippen LogP contribution in [0.5, 0.6) is 0 Å². The molecule has 1 aliphatic heterocycles. The highest BCUT2D eigenvalue weighted by Crippen LogP contribution is 2.40. The Kier molecular flexibility index (Phi) is 11.0. The summed E-state index contributed by atoms with van der Waals surface area (Å²) in [6.07, 6.45) is 3.82. The molecule has 3 heterocycles. The highest BCUT2D eigenvalue weighted by molar-refractivity contribution is 7.17. The number of unbranched alkanes of at least 4 members (excludes halogenated alkanes) is 3. The van der Waals surface area contributed by atoms with Gasteiger partial charge in [0, 0.05) is 27.4 Å². The molecule has 8 nitrogen and oxygen atoms in total. The second kappa shape index (κ2) is 14.8. The van der Waals surface area contributed by atoms with Crippen molar-refractivity contribution in [2.45, 2.75) is 58.9 Å². The van der Waals surface area contributed by atoms with E-state index in [4.69, 9.17) is 37.6 Å². The van der Waals surface area contributed by atoms with Crippen LogP contribution in [0.3, 0.4) is 0 Å². The second-order valence-corrected chi connectivity index (χ2v) is 11.8. The number of fused-ring (bicyclic) bond motifs is 1. The molecule has 1 aliphatic rings. The molecule has 1 amide bonds. The summed E-state index contributed by atoms with van der Waals surface area (Å²) in [5.74, 6) is 12.9. The molecule has 1 aromatic carbocycles. The minimum absolute atomic E-state index is 0.0693. The molecule has 0 saturated carbocycles. The fraction of sp³-hybridized carbons (Fsp3) is 0.333. The summed E-state index contributed by atoms with van der Waals surface area (Å²) in [5.41, 5.74) is 8.90. The van der Waals surface area contributed by atoms with Gasteiger partial charge in [-0.05, 0) is 81.8 Å². The molecular weight excluding hydrogens is 580 g/mol. The van der Waals surface area contributed by atoms with E-state index in [0.717, 1.165) is 52.3 Å². The van der Waals surface area contributed by atoms with Crippen LogP contribution in [0, 0.1) is 48.3 Å². The fourth-order valence-corrected chi connectivity index (χ4v) is 5.92. The zero-order chi connectivity index (χ0) is 30.9. The van der Waals surface area contributed by atoms with E-state index in [1.54, 1.807) is 36.1 Å². The highest BCUT2D eigenvalue weighted by Gasteiger charge is 2.34. The lowest BCUT2D eigenvalue weighted by atomic mass is 9.99. The average Bonchev–Trinajstić information content (AvgIpc) is 3.51. The van der Waals surface area contributed by atoms with E-state index in [0.29, 0.717) is 28.8 Å².